The van der Waals surface area contributed by atoms with Crippen LogP contribution in [0.4, 0.5) is 0 Å². The molecule has 2 bridgehead atoms. The number of rotatable bonds is 3. The summed E-state index contributed by atoms with van der Waals surface area (Å²) in [5.74, 6) is 0.997. The molecule has 3 aliphatic heterocycles. The summed E-state index contributed by atoms with van der Waals surface area (Å²) in [6, 6.07) is 0. The molecule has 0 N–H and O–H groups in total. The van der Waals surface area contributed by atoms with Gasteiger partial charge in [-0.2, -0.15) is 0 Å². The van der Waals surface area contributed by atoms with E-state index in [1.54, 1.807) is 0 Å². The molecule has 19 heavy (non-hydrogen) atoms. The molecule has 0 aromatic heterocycles. The first-order valence-electron chi connectivity index (χ1n) is 7.45. The number of cyclic esters (lactones) is 1. The molecule has 0 unspecified atom stereocenters. The van der Waals surface area contributed by atoms with Gasteiger partial charge in [-0.3, -0.25) is 0 Å². The zero-order chi connectivity index (χ0) is 13.2. The summed E-state index contributed by atoms with van der Waals surface area (Å²) in [4.78, 5) is 11.3. The van der Waals surface area contributed by atoms with Crippen molar-refractivity contribution >= 4 is 5.97 Å². The van der Waals surface area contributed by atoms with E-state index >= 15 is 0 Å². The minimum atomic E-state index is -0.184. The lowest BCUT2D eigenvalue weighted by atomic mass is 9.74. The second-order valence-corrected chi connectivity index (χ2v) is 5.89. The summed E-state index contributed by atoms with van der Waals surface area (Å²) in [5, 5.41) is 0. The third-order valence-corrected chi connectivity index (χ3v) is 4.64. The van der Waals surface area contributed by atoms with Gasteiger partial charge in [0, 0.05) is 12.5 Å². The highest BCUT2D eigenvalue weighted by molar-refractivity contribution is 5.82. The van der Waals surface area contributed by atoms with Crippen LogP contribution in [0, 0.1) is 11.8 Å². The predicted octanol–water partition coefficient (Wildman–Crippen LogP) is 3.01. The second kappa shape index (κ2) is 5.49. The summed E-state index contributed by atoms with van der Waals surface area (Å²) < 4.78 is 11.5. The molecular formula is C16H22O3. The lowest BCUT2D eigenvalue weighted by Crippen LogP contribution is -2.43. The van der Waals surface area contributed by atoms with Crippen LogP contribution < -0.4 is 0 Å². The number of hydrogen-bond acceptors (Lipinski definition) is 3. The maximum atomic E-state index is 11.3. The Bertz CT molecular complexity index is 399. The van der Waals surface area contributed by atoms with Crippen molar-refractivity contribution < 1.29 is 14.3 Å². The van der Waals surface area contributed by atoms with E-state index in [0.29, 0.717) is 17.9 Å². The smallest absolute Gasteiger partial charge is 0.330 e. The van der Waals surface area contributed by atoms with E-state index < -0.39 is 0 Å². The number of esters is 1. The van der Waals surface area contributed by atoms with Gasteiger partial charge < -0.3 is 9.47 Å². The Morgan fingerprint density at radius 3 is 3.00 bits per heavy atom. The van der Waals surface area contributed by atoms with Gasteiger partial charge in [-0.1, -0.05) is 31.6 Å². The Morgan fingerprint density at radius 2 is 2.21 bits per heavy atom. The molecule has 3 heteroatoms. The van der Waals surface area contributed by atoms with Crippen LogP contribution in [0.25, 0.3) is 0 Å². The van der Waals surface area contributed by atoms with E-state index in [2.05, 4.69) is 19.1 Å². The van der Waals surface area contributed by atoms with Crippen molar-refractivity contribution in [1.29, 1.82) is 0 Å². The minimum Gasteiger partial charge on any atom is -0.459 e. The molecule has 0 saturated carbocycles. The lowest BCUT2D eigenvalue weighted by Gasteiger charge is -2.43. The average Bonchev–Trinajstić information content (AvgIpc) is 2.39. The van der Waals surface area contributed by atoms with E-state index in [0.717, 1.165) is 32.1 Å². The van der Waals surface area contributed by atoms with Gasteiger partial charge in [-0.15, -0.1) is 0 Å². The summed E-state index contributed by atoms with van der Waals surface area (Å²) in [7, 11) is 0. The Kier molecular flexibility index (Phi) is 3.74. The molecule has 104 valence electrons. The highest BCUT2D eigenvalue weighted by Crippen LogP contribution is 2.40. The maximum Gasteiger partial charge on any atom is 0.330 e. The lowest BCUT2D eigenvalue weighted by molar-refractivity contribution is -0.147. The fraction of sp³-hybridized carbons (Fsp3) is 0.688. The topological polar surface area (TPSA) is 35.5 Å². The van der Waals surface area contributed by atoms with Gasteiger partial charge >= 0.3 is 5.97 Å². The number of fused-ring (bicyclic) bond motifs is 2. The van der Waals surface area contributed by atoms with E-state index in [1.807, 2.05) is 6.08 Å². The first-order valence-corrected chi connectivity index (χ1v) is 7.45. The van der Waals surface area contributed by atoms with E-state index in [1.165, 1.54) is 6.08 Å². The molecule has 3 rings (SSSR count). The van der Waals surface area contributed by atoms with Gasteiger partial charge in [-0.05, 0) is 31.1 Å². The van der Waals surface area contributed by atoms with Crippen LogP contribution in [0.15, 0.2) is 24.3 Å². The van der Waals surface area contributed by atoms with Crippen LogP contribution in [-0.4, -0.2) is 24.3 Å². The molecule has 1 saturated heterocycles. The first kappa shape index (κ1) is 12.9. The van der Waals surface area contributed by atoms with Gasteiger partial charge in [0.25, 0.3) is 0 Å². The largest absolute Gasteiger partial charge is 0.459 e. The standard InChI is InChI=1S/C16H22O3/c1-2-14-11(9-12-5-3-7-15(14)18-12)10-13-6-4-8-16(17)19-13/h3-4,7-8,11-15H,2,5-6,9-10H2,1H3/t11-,12-,13-,14+,15+/m1/s1. The summed E-state index contributed by atoms with van der Waals surface area (Å²) in [6.45, 7) is 2.23. The van der Waals surface area contributed by atoms with Gasteiger partial charge in [0.05, 0.1) is 12.2 Å². The van der Waals surface area contributed by atoms with E-state index in [-0.39, 0.29) is 18.2 Å². The summed E-state index contributed by atoms with van der Waals surface area (Å²) in [6.07, 6.45) is 13.8. The molecule has 0 aliphatic carbocycles. The van der Waals surface area contributed by atoms with Crippen molar-refractivity contribution in [3.8, 4) is 0 Å². The molecule has 0 spiro atoms. The van der Waals surface area contributed by atoms with Crippen LogP contribution in [-0.2, 0) is 14.3 Å². The molecule has 3 aliphatic rings. The second-order valence-electron chi connectivity index (χ2n) is 5.89. The average molecular weight is 262 g/mol. The minimum absolute atomic E-state index is 0.0688. The van der Waals surface area contributed by atoms with Gasteiger partial charge in [0.1, 0.15) is 6.10 Å². The van der Waals surface area contributed by atoms with Crippen LogP contribution >= 0.6 is 0 Å². The van der Waals surface area contributed by atoms with Crippen LogP contribution in [0.2, 0.25) is 0 Å². The van der Waals surface area contributed by atoms with Crippen LogP contribution in [0.5, 0.6) is 0 Å². The Labute approximate surface area is 114 Å². The molecule has 1 fully saturated rings. The fourth-order valence-electron chi connectivity index (χ4n) is 3.75. The van der Waals surface area contributed by atoms with Crippen molar-refractivity contribution in [3.05, 3.63) is 24.3 Å². The third kappa shape index (κ3) is 2.76. The Hall–Kier alpha value is -1.09. The van der Waals surface area contributed by atoms with Crippen molar-refractivity contribution in [3.63, 3.8) is 0 Å². The number of ether oxygens (including phenoxy) is 2. The van der Waals surface area contributed by atoms with Crippen molar-refractivity contribution in [1.82, 2.24) is 0 Å². The molecular weight excluding hydrogens is 240 g/mol. The first-order chi connectivity index (χ1) is 9.26. The molecule has 3 nitrogen and oxygen atoms in total. The van der Waals surface area contributed by atoms with Crippen molar-refractivity contribution in [2.75, 3.05) is 0 Å². The quantitative estimate of drug-likeness (QED) is 0.579. The number of carbonyl (C=O) groups is 1. The molecule has 5 atom stereocenters. The number of hydrogen-bond donors (Lipinski definition) is 0. The zero-order valence-corrected chi connectivity index (χ0v) is 11.5. The Balaban J connectivity index is 1.67. The van der Waals surface area contributed by atoms with E-state index in [4.69, 9.17) is 9.47 Å². The fourth-order valence-corrected chi connectivity index (χ4v) is 3.75. The van der Waals surface area contributed by atoms with Gasteiger partial charge in [0.15, 0.2) is 0 Å². The van der Waals surface area contributed by atoms with Crippen LogP contribution in [0.1, 0.15) is 39.0 Å². The highest BCUT2D eigenvalue weighted by atomic mass is 16.5. The number of carbonyl (C=O) groups excluding carboxylic acids is 1. The normalized spacial score (nSPS) is 41.1. The van der Waals surface area contributed by atoms with Gasteiger partial charge in [-0.25, -0.2) is 4.79 Å². The molecule has 0 radical (unpaired) electrons. The van der Waals surface area contributed by atoms with E-state index in [9.17, 15) is 4.79 Å². The van der Waals surface area contributed by atoms with Crippen molar-refractivity contribution in [2.24, 2.45) is 11.8 Å². The van der Waals surface area contributed by atoms with Gasteiger partial charge in [0.2, 0.25) is 0 Å². The summed E-state index contributed by atoms with van der Waals surface area (Å²) >= 11 is 0. The molecule has 0 aromatic rings. The highest BCUT2D eigenvalue weighted by Gasteiger charge is 2.39. The van der Waals surface area contributed by atoms with Crippen LogP contribution in [0.3, 0.4) is 0 Å². The third-order valence-electron chi connectivity index (χ3n) is 4.64. The zero-order valence-electron chi connectivity index (χ0n) is 11.5. The van der Waals surface area contributed by atoms with Crippen molar-refractivity contribution in [2.45, 2.75) is 57.3 Å². The molecule has 0 amide bonds. The molecule has 0 aromatic carbocycles. The summed E-state index contributed by atoms with van der Waals surface area (Å²) in [5.41, 5.74) is 0. The Morgan fingerprint density at radius 1 is 1.32 bits per heavy atom. The SMILES string of the molecule is CC[C@H]1[C@@H](C[C@H]2CC=CC(=O)O2)C[C@H]2CC=C[C@@H]1O2. The molecule has 3 heterocycles. The maximum absolute atomic E-state index is 11.3. The predicted molar refractivity (Wildman–Crippen MR) is 72.6 cm³/mol. The monoisotopic (exact) mass is 262 g/mol.